The predicted octanol–water partition coefficient (Wildman–Crippen LogP) is 3.83. The standard InChI is InChI=1S/C12H10BrF3N4/c1-2-17-11-8(13)12(19-5-18-11)20-7-4-3-6(14)9(15)10(7)16/h3-5H,2H2,1H3,(H2,17,18,19,20). The molecule has 0 saturated heterocycles. The molecule has 0 atom stereocenters. The first-order chi connectivity index (χ1) is 9.54. The lowest BCUT2D eigenvalue weighted by molar-refractivity contribution is 0.449. The lowest BCUT2D eigenvalue weighted by Crippen LogP contribution is -2.05. The smallest absolute Gasteiger partial charge is 0.196 e. The highest BCUT2D eigenvalue weighted by Gasteiger charge is 2.15. The van der Waals surface area contributed by atoms with E-state index >= 15 is 0 Å². The fourth-order valence-electron chi connectivity index (χ4n) is 1.50. The molecule has 0 aliphatic heterocycles. The van der Waals surface area contributed by atoms with E-state index in [0.717, 1.165) is 12.1 Å². The second-order valence-electron chi connectivity index (χ2n) is 3.76. The van der Waals surface area contributed by atoms with Gasteiger partial charge in [-0.1, -0.05) is 0 Å². The van der Waals surface area contributed by atoms with Crippen molar-refractivity contribution in [3.05, 3.63) is 40.4 Å². The molecule has 106 valence electrons. The number of hydrogen-bond donors (Lipinski definition) is 2. The second-order valence-corrected chi connectivity index (χ2v) is 4.56. The summed E-state index contributed by atoms with van der Waals surface area (Å²) in [7, 11) is 0. The summed E-state index contributed by atoms with van der Waals surface area (Å²) in [5, 5.41) is 5.56. The summed E-state index contributed by atoms with van der Waals surface area (Å²) in [4.78, 5) is 7.91. The third kappa shape index (κ3) is 2.84. The number of rotatable bonds is 4. The Hall–Kier alpha value is -1.83. The molecule has 0 aliphatic carbocycles. The van der Waals surface area contributed by atoms with Crippen molar-refractivity contribution in [1.82, 2.24) is 9.97 Å². The van der Waals surface area contributed by atoms with Crippen molar-refractivity contribution in [2.75, 3.05) is 17.2 Å². The Morgan fingerprint density at radius 2 is 1.80 bits per heavy atom. The SMILES string of the molecule is CCNc1ncnc(Nc2ccc(F)c(F)c2F)c1Br. The topological polar surface area (TPSA) is 49.8 Å². The fourth-order valence-corrected chi connectivity index (χ4v) is 1.94. The highest BCUT2D eigenvalue weighted by molar-refractivity contribution is 9.10. The summed E-state index contributed by atoms with van der Waals surface area (Å²) >= 11 is 3.26. The summed E-state index contributed by atoms with van der Waals surface area (Å²) in [6.07, 6.45) is 1.27. The van der Waals surface area contributed by atoms with E-state index in [-0.39, 0.29) is 11.5 Å². The minimum absolute atomic E-state index is 0.217. The van der Waals surface area contributed by atoms with E-state index in [1.165, 1.54) is 6.33 Å². The van der Waals surface area contributed by atoms with Gasteiger partial charge in [-0.05, 0) is 35.0 Å². The van der Waals surface area contributed by atoms with Crippen LogP contribution in [0.2, 0.25) is 0 Å². The predicted molar refractivity (Wildman–Crippen MR) is 73.5 cm³/mol. The highest BCUT2D eigenvalue weighted by atomic mass is 79.9. The van der Waals surface area contributed by atoms with E-state index in [2.05, 4.69) is 36.5 Å². The van der Waals surface area contributed by atoms with Gasteiger partial charge >= 0.3 is 0 Å². The van der Waals surface area contributed by atoms with Crippen LogP contribution in [0.1, 0.15) is 6.92 Å². The van der Waals surface area contributed by atoms with Crippen molar-refractivity contribution in [3.8, 4) is 0 Å². The van der Waals surface area contributed by atoms with Crippen molar-refractivity contribution >= 4 is 33.3 Å². The van der Waals surface area contributed by atoms with Gasteiger partial charge in [0.15, 0.2) is 17.5 Å². The van der Waals surface area contributed by atoms with E-state index < -0.39 is 17.5 Å². The zero-order valence-electron chi connectivity index (χ0n) is 10.3. The molecule has 2 aromatic rings. The summed E-state index contributed by atoms with van der Waals surface area (Å²) in [6.45, 7) is 2.52. The van der Waals surface area contributed by atoms with Gasteiger partial charge in [-0.2, -0.15) is 0 Å². The summed E-state index contributed by atoms with van der Waals surface area (Å²) in [6, 6.07) is 1.93. The second kappa shape index (κ2) is 6.08. The number of nitrogens with one attached hydrogen (secondary N) is 2. The third-order valence-electron chi connectivity index (χ3n) is 2.42. The molecule has 1 aromatic heterocycles. The van der Waals surface area contributed by atoms with E-state index in [0.29, 0.717) is 16.8 Å². The first-order valence-corrected chi connectivity index (χ1v) is 6.48. The fraction of sp³-hybridized carbons (Fsp3) is 0.167. The van der Waals surface area contributed by atoms with Crippen molar-refractivity contribution in [2.24, 2.45) is 0 Å². The van der Waals surface area contributed by atoms with Crippen LogP contribution < -0.4 is 10.6 Å². The van der Waals surface area contributed by atoms with Crippen LogP contribution in [0.5, 0.6) is 0 Å². The van der Waals surface area contributed by atoms with E-state index in [1.54, 1.807) is 0 Å². The van der Waals surface area contributed by atoms with Crippen LogP contribution in [-0.4, -0.2) is 16.5 Å². The number of hydrogen-bond acceptors (Lipinski definition) is 4. The molecular formula is C12H10BrF3N4. The maximum absolute atomic E-state index is 13.6. The Labute approximate surface area is 121 Å². The average Bonchev–Trinajstić information content (AvgIpc) is 2.44. The van der Waals surface area contributed by atoms with Crippen molar-refractivity contribution in [3.63, 3.8) is 0 Å². The first kappa shape index (κ1) is 14.6. The van der Waals surface area contributed by atoms with Gasteiger partial charge < -0.3 is 10.6 Å². The molecule has 0 bridgehead atoms. The molecule has 0 radical (unpaired) electrons. The quantitative estimate of drug-likeness (QED) is 0.826. The Bertz CT molecular complexity index is 636. The van der Waals surface area contributed by atoms with Gasteiger partial charge in [0, 0.05) is 6.54 Å². The van der Waals surface area contributed by atoms with Gasteiger partial charge in [0.25, 0.3) is 0 Å². The molecule has 20 heavy (non-hydrogen) atoms. The molecule has 1 heterocycles. The molecule has 0 fully saturated rings. The van der Waals surface area contributed by atoms with Crippen LogP contribution >= 0.6 is 15.9 Å². The molecule has 1 aromatic carbocycles. The maximum atomic E-state index is 13.6. The molecule has 8 heteroatoms. The van der Waals surface area contributed by atoms with Crippen LogP contribution in [0, 0.1) is 17.5 Å². The van der Waals surface area contributed by atoms with Crippen LogP contribution in [0.15, 0.2) is 22.9 Å². The summed E-state index contributed by atoms with van der Waals surface area (Å²) < 4.78 is 40.0. The van der Waals surface area contributed by atoms with E-state index in [9.17, 15) is 13.2 Å². The number of nitrogens with zero attached hydrogens (tertiary/aromatic N) is 2. The zero-order valence-corrected chi connectivity index (χ0v) is 11.9. The van der Waals surface area contributed by atoms with E-state index in [1.807, 2.05) is 6.92 Å². The van der Waals surface area contributed by atoms with Gasteiger partial charge in [-0.25, -0.2) is 23.1 Å². The molecule has 0 spiro atoms. The van der Waals surface area contributed by atoms with Gasteiger partial charge in [0.1, 0.15) is 22.4 Å². The molecule has 4 nitrogen and oxygen atoms in total. The lowest BCUT2D eigenvalue weighted by Gasteiger charge is -2.11. The normalized spacial score (nSPS) is 10.4. The maximum Gasteiger partial charge on any atom is 0.196 e. The first-order valence-electron chi connectivity index (χ1n) is 5.69. The van der Waals surface area contributed by atoms with Crippen LogP contribution in [0.3, 0.4) is 0 Å². The minimum Gasteiger partial charge on any atom is -0.369 e. The monoisotopic (exact) mass is 346 g/mol. The van der Waals surface area contributed by atoms with E-state index in [4.69, 9.17) is 0 Å². The Morgan fingerprint density at radius 3 is 2.50 bits per heavy atom. The Morgan fingerprint density at radius 1 is 1.10 bits per heavy atom. The van der Waals surface area contributed by atoms with Crippen molar-refractivity contribution in [2.45, 2.75) is 6.92 Å². The van der Waals surface area contributed by atoms with Gasteiger partial charge in [0.2, 0.25) is 0 Å². The zero-order chi connectivity index (χ0) is 14.7. The largest absolute Gasteiger partial charge is 0.369 e. The molecule has 0 amide bonds. The van der Waals surface area contributed by atoms with Crippen molar-refractivity contribution in [1.29, 1.82) is 0 Å². The highest BCUT2D eigenvalue weighted by Crippen LogP contribution is 2.30. The molecule has 0 aliphatic rings. The molecular weight excluding hydrogens is 337 g/mol. The van der Waals surface area contributed by atoms with Crippen LogP contribution in [0.25, 0.3) is 0 Å². The van der Waals surface area contributed by atoms with Crippen molar-refractivity contribution < 1.29 is 13.2 Å². The number of halogens is 4. The minimum atomic E-state index is -1.54. The average molecular weight is 347 g/mol. The van der Waals surface area contributed by atoms with Crippen LogP contribution in [0.4, 0.5) is 30.5 Å². The number of aromatic nitrogens is 2. The number of benzene rings is 1. The van der Waals surface area contributed by atoms with Crippen LogP contribution in [-0.2, 0) is 0 Å². The number of anilines is 3. The molecule has 2 N–H and O–H groups in total. The Balaban J connectivity index is 2.36. The molecule has 0 unspecified atom stereocenters. The van der Waals surface area contributed by atoms with Gasteiger partial charge in [0.05, 0.1) is 5.69 Å². The lowest BCUT2D eigenvalue weighted by atomic mass is 10.3. The Kier molecular flexibility index (Phi) is 4.43. The van der Waals surface area contributed by atoms with Gasteiger partial charge in [-0.3, -0.25) is 0 Å². The third-order valence-corrected chi connectivity index (χ3v) is 3.17. The molecule has 2 rings (SSSR count). The van der Waals surface area contributed by atoms with Gasteiger partial charge in [-0.15, -0.1) is 0 Å². The molecule has 0 saturated carbocycles. The summed E-state index contributed by atoms with van der Waals surface area (Å²) in [5.74, 6) is -3.34. The summed E-state index contributed by atoms with van der Waals surface area (Å²) in [5.41, 5.74) is -0.217.